The molecule has 1 amide bonds. The molecule has 2 N–H and O–H groups in total. The third-order valence-corrected chi connectivity index (χ3v) is 3.93. The number of hydrogen-bond donors (Lipinski definition) is 2. The van der Waals surface area contributed by atoms with Crippen LogP contribution < -0.4 is 5.32 Å². The summed E-state index contributed by atoms with van der Waals surface area (Å²) in [5.41, 5.74) is 4.49. The number of rotatable bonds is 3. The van der Waals surface area contributed by atoms with Crippen LogP contribution in [0.1, 0.15) is 16.2 Å². The first-order chi connectivity index (χ1) is 11.6. The van der Waals surface area contributed by atoms with Gasteiger partial charge in [0.25, 0.3) is 5.91 Å². The van der Waals surface area contributed by atoms with Gasteiger partial charge in [0, 0.05) is 23.7 Å². The fraction of sp³-hybridized carbons (Fsp3) is 0.118. The lowest BCUT2D eigenvalue weighted by atomic mass is 10.2. The van der Waals surface area contributed by atoms with Crippen LogP contribution in [-0.4, -0.2) is 25.9 Å². The van der Waals surface area contributed by atoms with E-state index in [1.54, 1.807) is 29.3 Å². The molecule has 0 bridgehead atoms. The second-order valence-corrected chi connectivity index (χ2v) is 5.57. The molecule has 4 aromatic rings. The van der Waals surface area contributed by atoms with E-state index in [2.05, 4.69) is 20.6 Å². The lowest BCUT2D eigenvalue weighted by Gasteiger charge is -2.04. The molecule has 0 fully saturated rings. The van der Waals surface area contributed by atoms with Crippen molar-refractivity contribution < 1.29 is 9.21 Å². The van der Waals surface area contributed by atoms with E-state index in [-0.39, 0.29) is 5.91 Å². The number of hydrogen-bond acceptors (Lipinski definition) is 4. The Morgan fingerprint density at radius 2 is 2.17 bits per heavy atom. The van der Waals surface area contributed by atoms with E-state index in [4.69, 9.17) is 4.42 Å². The summed E-state index contributed by atoms with van der Waals surface area (Å²) in [6.07, 6.45) is 3.14. The molecule has 0 aliphatic carbocycles. The molecule has 0 atom stereocenters. The van der Waals surface area contributed by atoms with E-state index >= 15 is 0 Å². The number of aryl methyl sites for hydroxylation is 2. The first-order valence-corrected chi connectivity index (χ1v) is 7.44. The van der Waals surface area contributed by atoms with Crippen molar-refractivity contribution in [1.82, 2.24) is 20.0 Å². The number of fused-ring (bicyclic) bond motifs is 1. The number of anilines is 1. The molecule has 0 spiro atoms. The molecule has 3 heterocycles. The van der Waals surface area contributed by atoms with Gasteiger partial charge in [-0.25, -0.2) is 0 Å². The number of carbonyl (C=O) groups excluding carboxylic acids is 1. The number of nitrogens with one attached hydrogen (secondary N) is 2. The second kappa shape index (κ2) is 5.38. The van der Waals surface area contributed by atoms with E-state index in [1.807, 2.05) is 32.2 Å². The largest absolute Gasteiger partial charge is 0.472 e. The van der Waals surface area contributed by atoms with Crippen LogP contribution in [-0.2, 0) is 7.05 Å². The number of aromatic amines is 1. The van der Waals surface area contributed by atoms with Gasteiger partial charge in [0.05, 0.1) is 29.4 Å². The SMILES string of the molecule is Cc1nn(C)c2cc(NC(=O)c3cc(-c4ccoc4)n[nH]3)ccc12. The summed E-state index contributed by atoms with van der Waals surface area (Å²) in [5.74, 6) is -0.254. The maximum Gasteiger partial charge on any atom is 0.273 e. The van der Waals surface area contributed by atoms with Gasteiger partial charge in [0.15, 0.2) is 0 Å². The average molecular weight is 321 g/mol. The number of carbonyl (C=O) groups is 1. The van der Waals surface area contributed by atoms with Crippen molar-refractivity contribution >= 4 is 22.5 Å². The minimum absolute atomic E-state index is 0.254. The predicted octanol–water partition coefficient (Wildman–Crippen LogP) is 3.12. The Balaban J connectivity index is 1.59. The van der Waals surface area contributed by atoms with Crippen LogP contribution in [0.3, 0.4) is 0 Å². The van der Waals surface area contributed by atoms with E-state index in [0.29, 0.717) is 17.1 Å². The first kappa shape index (κ1) is 14.3. The lowest BCUT2D eigenvalue weighted by Crippen LogP contribution is -2.12. The maximum absolute atomic E-state index is 12.4. The van der Waals surface area contributed by atoms with Gasteiger partial charge >= 0.3 is 0 Å². The van der Waals surface area contributed by atoms with Crippen LogP contribution in [0, 0.1) is 6.92 Å². The number of nitrogens with zero attached hydrogens (tertiary/aromatic N) is 3. The second-order valence-electron chi connectivity index (χ2n) is 5.57. The van der Waals surface area contributed by atoms with Crippen LogP contribution in [0.15, 0.2) is 47.3 Å². The van der Waals surface area contributed by atoms with Crippen LogP contribution in [0.2, 0.25) is 0 Å². The Morgan fingerprint density at radius 1 is 1.29 bits per heavy atom. The summed E-state index contributed by atoms with van der Waals surface area (Å²) in [6.45, 7) is 1.96. The number of benzene rings is 1. The third-order valence-electron chi connectivity index (χ3n) is 3.93. The van der Waals surface area contributed by atoms with Crippen molar-refractivity contribution in [3.8, 4) is 11.3 Å². The summed E-state index contributed by atoms with van der Waals surface area (Å²) in [5, 5.41) is 15.2. The summed E-state index contributed by atoms with van der Waals surface area (Å²) in [6, 6.07) is 9.20. The van der Waals surface area contributed by atoms with Gasteiger partial charge in [-0.2, -0.15) is 10.2 Å². The molecule has 0 aliphatic rings. The highest BCUT2D eigenvalue weighted by Crippen LogP contribution is 2.22. The zero-order chi connectivity index (χ0) is 16.7. The Morgan fingerprint density at radius 3 is 2.96 bits per heavy atom. The molecule has 7 nitrogen and oxygen atoms in total. The van der Waals surface area contributed by atoms with Crippen LogP contribution in [0.4, 0.5) is 5.69 Å². The maximum atomic E-state index is 12.4. The monoisotopic (exact) mass is 321 g/mol. The first-order valence-electron chi connectivity index (χ1n) is 7.44. The normalized spacial score (nSPS) is 11.1. The standard InChI is InChI=1S/C17H15N5O2/c1-10-13-4-3-12(7-16(13)22(2)21-10)18-17(23)15-8-14(19-20-15)11-5-6-24-9-11/h3-9H,1-2H3,(H,18,23)(H,19,20). The van der Waals surface area contributed by atoms with Crippen molar-refractivity contribution in [3.63, 3.8) is 0 Å². The molecule has 1 aromatic carbocycles. The molecular weight excluding hydrogens is 306 g/mol. The number of H-pyrrole nitrogens is 1. The van der Waals surface area contributed by atoms with E-state index < -0.39 is 0 Å². The highest BCUT2D eigenvalue weighted by atomic mass is 16.3. The quantitative estimate of drug-likeness (QED) is 0.607. The van der Waals surface area contributed by atoms with E-state index in [9.17, 15) is 4.79 Å². The van der Waals surface area contributed by atoms with Crippen molar-refractivity contribution in [1.29, 1.82) is 0 Å². The minimum atomic E-state index is -0.254. The number of amides is 1. The number of aromatic nitrogens is 4. The van der Waals surface area contributed by atoms with Gasteiger partial charge in [-0.3, -0.25) is 14.6 Å². The Kier molecular flexibility index (Phi) is 3.19. The third kappa shape index (κ3) is 2.36. The van der Waals surface area contributed by atoms with Gasteiger partial charge in [0.2, 0.25) is 0 Å². The fourth-order valence-corrected chi connectivity index (χ4v) is 2.71. The molecule has 0 radical (unpaired) electrons. The summed E-state index contributed by atoms with van der Waals surface area (Å²) < 4.78 is 6.82. The van der Waals surface area contributed by atoms with Gasteiger partial charge < -0.3 is 9.73 Å². The highest BCUT2D eigenvalue weighted by Gasteiger charge is 2.13. The van der Waals surface area contributed by atoms with Gasteiger partial charge in [-0.05, 0) is 37.3 Å². The average Bonchev–Trinajstić information content (AvgIpc) is 3.29. The van der Waals surface area contributed by atoms with Crippen LogP contribution in [0.5, 0.6) is 0 Å². The minimum Gasteiger partial charge on any atom is -0.472 e. The Hall–Kier alpha value is -3.35. The molecule has 120 valence electrons. The number of furan rings is 1. The molecule has 7 heteroatoms. The molecule has 0 saturated carbocycles. The molecule has 24 heavy (non-hydrogen) atoms. The van der Waals surface area contributed by atoms with Gasteiger partial charge in [-0.1, -0.05) is 0 Å². The summed E-state index contributed by atoms with van der Waals surface area (Å²) >= 11 is 0. The molecule has 3 aromatic heterocycles. The van der Waals surface area contributed by atoms with Gasteiger partial charge in [0.1, 0.15) is 5.69 Å². The predicted molar refractivity (Wildman–Crippen MR) is 89.7 cm³/mol. The van der Waals surface area contributed by atoms with E-state index in [0.717, 1.165) is 22.2 Å². The van der Waals surface area contributed by atoms with Crippen molar-refractivity contribution in [3.05, 3.63) is 54.2 Å². The fourth-order valence-electron chi connectivity index (χ4n) is 2.71. The Labute approximate surface area is 137 Å². The molecule has 0 saturated heterocycles. The summed E-state index contributed by atoms with van der Waals surface area (Å²) in [4.78, 5) is 12.4. The molecule has 0 aliphatic heterocycles. The molecule has 4 rings (SSSR count). The zero-order valence-corrected chi connectivity index (χ0v) is 13.2. The zero-order valence-electron chi connectivity index (χ0n) is 13.2. The Bertz CT molecular complexity index is 1030. The van der Waals surface area contributed by atoms with E-state index in [1.165, 1.54) is 0 Å². The topological polar surface area (TPSA) is 88.7 Å². The molecule has 0 unspecified atom stereocenters. The highest BCUT2D eigenvalue weighted by molar-refractivity contribution is 6.04. The van der Waals surface area contributed by atoms with Crippen molar-refractivity contribution in [2.45, 2.75) is 6.92 Å². The van der Waals surface area contributed by atoms with Crippen molar-refractivity contribution in [2.24, 2.45) is 7.05 Å². The molecular formula is C17H15N5O2. The van der Waals surface area contributed by atoms with Crippen LogP contribution >= 0.6 is 0 Å². The van der Waals surface area contributed by atoms with Crippen molar-refractivity contribution in [2.75, 3.05) is 5.32 Å². The smallest absolute Gasteiger partial charge is 0.273 e. The summed E-state index contributed by atoms with van der Waals surface area (Å²) in [7, 11) is 1.88. The lowest BCUT2D eigenvalue weighted by molar-refractivity contribution is 0.102. The van der Waals surface area contributed by atoms with Gasteiger partial charge in [-0.15, -0.1) is 0 Å². The van der Waals surface area contributed by atoms with Crippen LogP contribution in [0.25, 0.3) is 22.2 Å².